The van der Waals surface area contributed by atoms with Crippen LogP contribution in [0.1, 0.15) is 30.5 Å². The Kier molecular flexibility index (Phi) is 2.68. The highest BCUT2D eigenvalue weighted by atomic mass is 35.5. The maximum atomic E-state index is 5.67. The lowest BCUT2D eigenvalue weighted by Gasteiger charge is -1.95. The van der Waals surface area contributed by atoms with Crippen molar-refractivity contribution in [3.8, 4) is 0 Å². The third-order valence-electron chi connectivity index (χ3n) is 1.35. The molecule has 0 aromatic carbocycles. The monoisotopic (exact) mass is 187 g/mol. The van der Waals surface area contributed by atoms with Gasteiger partial charge in [-0.2, -0.15) is 0 Å². The van der Waals surface area contributed by atoms with Gasteiger partial charge >= 0.3 is 0 Å². The SMILES string of the molecule is C=C(Cl)c1nc(C(C)C)cs1. The molecule has 0 spiro atoms. The molecule has 60 valence electrons. The normalized spacial score (nSPS) is 10.5. The predicted molar refractivity (Wildman–Crippen MR) is 51.1 cm³/mol. The first-order valence-electron chi connectivity index (χ1n) is 3.41. The minimum absolute atomic E-state index is 0.469. The Balaban J connectivity index is 2.90. The van der Waals surface area contributed by atoms with Gasteiger partial charge in [0.1, 0.15) is 5.01 Å². The number of hydrogen-bond acceptors (Lipinski definition) is 2. The van der Waals surface area contributed by atoms with Gasteiger partial charge in [-0.1, -0.05) is 32.0 Å². The third-order valence-corrected chi connectivity index (χ3v) is 2.56. The van der Waals surface area contributed by atoms with E-state index in [0.29, 0.717) is 11.0 Å². The average molecular weight is 188 g/mol. The Labute approximate surface area is 75.7 Å². The fourth-order valence-corrected chi connectivity index (χ4v) is 1.70. The Hall–Kier alpha value is -0.340. The Morgan fingerprint density at radius 2 is 2.36 bits per heavy atom. The van der Waals surface area contributed by atoms with Crippen LogP contribution in [0.5, 0.6) is 0 Å². The summed E-state index contributed by atoms with van der Waals surface area (Å²) in [6.45, 7) is 7.83. The second-order valence-electron chi connectivity index (χ2n) is 2.64. The zero-order chi connectivity index (χ0) is 8.43. The topological polar surface area (TPSA) is 12.9 Å². The summed E-state index contributed by atoms with van der Waals surface area (Å²) in [5.74, 6) is 0.469. The van der Waals surface area contributed by atoms with E-state index in [0.717, 1.165) is 10.7 Å². The summed E-state index contributed by atoms with van der Waals surface area (Å²) in [5, 5.41) is 3.38. The van der Waals surface area contributed by atoms with Gasteiger partial charge in [-0.3, -0.25) is 0 Å². The van der Waals surface area contributed by atoms with E-state index < -0.39 is 0 Å². The van der Waals surface area contributed by atoms with E-state index in [4.69, 9.17) is 11.6 Å². The van der Waals surface area contributed by atoms with Gasteiger partial charge in [0.05, 0.1) is 10.7 Å². The molecular weight excluding hydrogens is 178 g/mol. The molecule has 11 heavy (non-hydrogen) atoms. The van der Waals surface area contributed by atoms with Gasteiger partial charge in [-0.25, -0.2) is 4.98 Å². The highest BCUT2D eigenvalue weighted by molar-refractivity contribution is 7.11. The summed E-state index contributed by atoms with van der Waals surface area (Å²) in [6, 6.07) is 0. The lowest BCUT2D eigenvalue weighted by Crippen LogP contribution is -1.86. The Morgan fingerprint density at radius 3 is 2.64 bits per heavy atom. The minimum Gasteiger partial charge on any atom is -0.240 e. The van der Waals surface area contributed by atoms with Crippen LogP contribution in [0.2, 0.25) is 0 Å². The van der Waals surface area contributed by atoms with Gasteiger partial charge in [0.15, 0.2) is 0 Å². The van der Waals surface area contributed by atoms with E-state index in [-0.39, 0.29) is 0 Å². The number of hydrogen-bond donors (Lipinski definition) is 0. The number of rotatable bonds is 2. The fourth-order valence-electron chi connectivity index (χ4n) is 0.676. The maximum absolute atomic E-state index is 5.67. The molecule has 3 heteroatoms. The predicted octanol–water partition coefficient (Wildman–Crippen LogP) is 3.48. The first-order valence-corrected chi connectivity index (χ1v) is 4.67. The van der Waals surface area contributed by atoms with Gasteiger partial charge in [0.2, 0.25) is 0 Å². The summed E-state index contributed by atoms with van der Waals surface area (Å²) < 4.78 is 0. The molecule has 0 saturated heterocycles. The van der Waals surface area contributed by atoms with Crippen LogP contribution in [0.3, 0.4) is 0 Å². The molecule has 0 aliphatic heterocycles. The standard InChI is InChI=1S/C8H10ClNS/c1-5(2)7-4-11-8(10-7)6(3)9/h4-5H,3H2,1-2H3. The Bertz CT molecular complexity index is 265. The smallest absolute Gasteiger partial charge is 0.134 e. The van der Waals surface area contributed by atoms with Crippen molar-refractivity contribution in [2.24, 2.45) is 0 Å². The minimum atomic E-state index is 0.469. The fraction of sp³-hybridized carbons (Fsp3) is 0.375. The van der Waals surface area contributed by atoms with Crippen LogP contribution >= 0.6 is 22.9 Å². The van der Waals surface area contributed by atoms with Crippen LogP contribution in [0.15, 0.2) is 12.0 Å². The van der Waals surface area contributed by atoms with Crippen molar-refractivity contribution in [3.05, 3.63) is 22.7 Å². The molecule has 0 fully saturated rings. The van der Waals surface area contributed by atoms with E-state index >= 15 is 0 Å². The molecule has 0 aliphatic rings. The zero-order valence-electron chi connectivity index (χ0n) is 6.60. The molecule has 0 radical (unpaired) electrons. The lowest BCUT2D eigenvalue weighted by atomic mass is 10.2. The molecular formula is C8H10ClNS. The Morgan fingerprint density at radius 1 is 1.73 bits per heavy atom. The molecule has 0 amide bonds. The number of halogens is 1. The number of aromatic nitrogens is 1. The second-order valence-corrected chi connectivity index (χ2v) is 3.95. The van der Waals surface area contributed by atoms with Crippen LogP contribution in [-0.4, -0.2) is 4.98 Å². The van der Waals surface area contributed by atoms with Gasteiger partial charge < -0.3 is 0 Å². The van der Waals surface area contributed by atoms with E-state index in [1.54, 1.807) is 11.3 Å². The van der Waals surface area contributed by atoms with Crippen LogP contribution < -0.4 is 0 Å². The van der Waals surface area contributed by atoms with Crippen LogP contribution in [0.25, 0.3) is 5.03 Å². The van der Waals surface area contributed by atoms with Crippen molar-refractivity contribution >= 4 is 28.0 Å². The highest BCUT2D eigenvalue weighted by Gasteiger charge is 2.05. The quantitative estimate of drug-likeness (QED) is 0.691. The van der Waals surface area contributed by atoms with Crippen molar-refractivity contribution in [3.63, 3.8) is 0 Å². The first kappa shape index (κ1) is 8.75. The molecule has 0 unspecified atom stereocenters. The molecule has 0 saturated carbocycles. The van der Waals surface area contributed by atoms with E-state index in [1.165, 1.54) is 0 Å². The molecule has 0 atom stereocenters. The summed E-state index contributed by atoms with van der Waals surface area (Å²) in [6.07, 6.45) is 0. The average Bonchev–Trinajstić information content (AvgIpc) is 2.33. The largest absolute Gasteiger partial charge is 0.240 e. The van der Waals surface area contributed by atoms with Gasteiger partial charge in [0.25, 0.3) is 0 Å². The summed E-state index contributed by atoms with van der Waals surface area (Å²) >= 11 is 7.22. The third kappa shape index (κ3) is 2.04. The molecule has 0 bridgehead atoms. The van der Waals surface area contributed by atoms with Crippen molar-refractivity contribution < 1.29 is 0 Å². The van der Waals surface area contributed by atoms with Crippen molar-refractivity contribution in [1.82, 2.24) is 4.98 Å². The first-order chi connectivity index (χ1) is 5.11. The molecule has 0 N–H and O–H groups in total. The number of thiazole rings is 1. The van der Waals surface area contributed by atoms with E-state index in [9.17, 15) is 0 Å². The van der Waals surface area contributed by atoms with Gasteiger partial charge in [0, 0.05) is 5.38 Å². The van der Waals surface area contributed by atoms with Gasteiger partial charge in [-0.15, -0.1) is 11.3 Å². The van der Waals surface area contributed by atoms with Gasteiger partial charge in [-0.05, 0) is 5.92 Å². The van der Waals surface area contributed by atoms with Crippen LogP contribution in [-0.2, 0) is 0 Å². The summed E-state index contributed by atoms with van der Waals surface area (Å²) in [4.78, 5) is 4.30. The molecule has 1 nitrogen and oxygen atoms in total. The molecule has 1 aromatic rings. The molecule has 0 aliphatic carbocycles. The summed E-state index contributed by atoms with van der Waals surface area (Å²) in [5.41, 5.74) is 1.09. The molecule has 1 rings (SSSR count). The molecule has 1 aromatic heterocycles. The number of nitrogens with zero attached hydrogens (tertiary/aromatic N) is 1. The van der Waals surface area contributed by atoms with Crippen molar-refractivity contribution in [2.75, 3.05) is 0 Å². The van der Waals surface area contributed by atoms with E-state index in [2.05, 4.69) is 25.4 Å². The van der Waals surface area contributed by atoms with Crippen LogP contribution in [0.4, 0.5) is 0 Å². The second kappa shape index (κ2) is 3.37. The van der Waals surface area contributed by atoms with E-state index in [1.807, 2.05) is 5.38 Å². The summed E-state index contributed by atoms with van der Waals surface area (Å²) in [7, 11) is 0. The maximum Gasteiger partial charge on any atom is 0.134 e. The van der Waals surface area contributed by atoms with Crippen molar-refractivity contribution in [2.45, 2.75) is 19.8 Å². The zero-order valence-corrected chi connectivity index (χ0v) is 8.17. The van der Waals surface area contributed by atoms with Crippen LogP contribution in [0, 0.1) is 0 Å². The molecule has 1 heterocycles. The lowest BCUT2D eigenvalue weighted by molar-refractivity contribution is 0.832. The van der Waals surface area contributed by atoms with Crippen molar-refractivity contribution in [1.29, 1.82) is 0 Å². The highest BCUT2D eigenvalue weighted by Crippen LogP contribution is 2.24.